The third-order valence-electron chi connectivity index (χ3n) is 2.53. The highest BCUT2D eigenvalue weighted by molar-refractivity contribution is 6.32. The number of nitrogens with one attached hydrogen (secondary N) is 1. The minimum atomic E-state index is -0.311. The lowest BCUT2D eigenvalue weighted by atomic mass is 10.2. The van der Waals surface area contributed by atoms with Gasteiger partial charge in [-0.2, -0.15) is 0 Å². The summed E-state index contributed by atoms with van der Waals surface area (Å²) in [5, 5.41) is 3.49. The molecule has 1 aromatic carbocycles. The molecule has 0 aliphatic carbocycles. The minimum absolute atomic E-state index is 0.117. The predicted molar refractivity (Wildman–Crippen MR) is 79.6 cm³/mol. The van der Waals surface area contributed by atoms with Gasteiger partial charge in [-0.3, -0.25) is 4.79 Å². The lowest BCUT2D eigenvalue weighted by Crippen LogP contribution is -2.20. The molecule has 1 aromatic heterocycles. The van der Waals surface area contributed by atoms with Crippen LogP contribution < -0.4 is 10.1 Å². The van der Waals surface area contributed by atoms with E-state index in [1.807, 2.05) is 6.92 Å². The molecule has 0 saturated carbocycles. The summed E-state index contributed by atoms with van der Waals surface area (Å²) in [6.45, 7) is 1.74. The average Bonchev–Trinajstić information content (AvgIpc) is 2.40. The number of carbonyl (C=O) groups is 1. The Morgan fingerprint density at radius 2 is 2.15 bits per heavy atom. The maximum Gasteiger partial charge on any atom is 0.262 e. The summed E-state index contributed by atoms with van der Waals surface area (Å²) in [5.74, 6) is 0.302. The highest BCUT2D eigenvalue weighted by Gasteiger charge is 2.08. The van der Waals surface area contributed by atoms with Crippen molar-refractivity contribution in [2.24, 2.45) is 0 Å². The fourth-order valence-electron chi connectivity index (χ4n) is 1.58. The quantitative estimate of drug-likeness (QED) is 0.876. The van der Waals surface area contributed by atoms with Crippen LogP contribution in [-0.4, -0.2) is 17.5 Å². The molecule has 0 aliphatic rings. The number of benzene rings is 1. The van der Waals surface area contributed by atoms with E-state index in [1.165, 1.54) is 0 Å². The smallest absolute Gasteiger partial charge is 0.262 e. The Morgan fingerprint density at radius 3 is 2.85 bits per heavy atom. The van der Waals surface area contributed by atoms with Gasteiger partial charge in [0.2, 0.25) is 0 Å². The Bertz CT molecular complexity index is 632. The molecule has 0 bridgehead atoms. The monoisotopic (exact) mass is 310 g/mol. The molecular weight excluding hydrogens is 299 g/mol. The Kier molecular flexibility index (Phi) is 4.82. The zero-order valence-corrected chi connectivity index (χ0v) is 12.2. The van der Waals surface area contributed by atoms with Gasteiger partial charge in [0.05, 0.1) is 5.69 Å². The largest absolute Gasteiger partial charge is 0.483 e. The van der Waals surface area contributed by atoms with Gasteiger partial charge < -0.3 is 10.1 Å². The van der Waals surface area contributed by atoms with Crippen molar-refractivity contribution in [2.45, 2.75) is 6.92 Å². The van der Waals surface area contributed by atoms with Crippen molar-refractivity contribution in [2.75, 3.05) is 11.9 Å². The highest BCUT2D eigenvalue weighted by atomic mass is 35.5. The molecule has 104 valence electrons. The van der Waals surface area contributed by atoms with Crippen LogP contribution >= 0.6 is 23.2 Å². The fourth-order valence-corrected chi connectivity index (χ4v) is 1.98. The molecule has 20 heavy (non-hydrogen) atoms. The summed E-state index contributed by atoms with van der Waals surface area (Å²) in [6.07, 6.45) is 1.55. The van der Waals surface area contributed by atoms with Gasteiger partial charge in [0, 0.05) is 11.2 Å². The SMILES string of the molecule is Cc1cc(Cl)ccc1OCC(=O)Nc1cccnc1Cl. The lowest BCUT2D eigenvalue weighted by molar-refractivity contribution is -0.118. The minimum Gasteiger partial charge on any atom is -0.483 e. The highest BCUT2D eigenvalue weighted by Crippen LogP contribution is 2.22. The molecule has 0 spiro atoms. The third kappa shape index (κ3) is 3.85. The Balaban J connectivity index is 1.94. The van der Waals surface area contributed by atoms with Crippen molar-refractivity contribution in [3.8, 4) is 5.75 Å². The van der Waals surface area contributed by atoms with Gasteiger partial charge in [0.25, 0.3) is 5.91 Å². The molecule has 4 nitrogen and oxygen atoms in total. The number of rotatable bonds is 4. The summed E-state index contributed by atoms with van der Waals surface area (Å²) in [4.78, 5) is 15.6. The first kappa shape index (κ1) is 14.6. The molecule has 2 rings (SSSR count). The Morgan fingerprint density at radius 1 is 1.35 bits per heavy atom. The topological polar surface area (TPSA) is 51.2 Å². The van der Waals surface area contributed by atoms with Crippen LogP contribution in [0.4, 0.5) is 5.69 Å². The number of hydrogen-bond donors (Lipinski definition) is 1. The summed E-state index contributed by atoms with van der Waals surface area (Å²) in [6, 6.07) is 8.56. The van der Waals surface area contributed by atoms with Gasteiger partial charge in [0.1, 0.15) is 5.75 Å². The number of ether oxygens (including phenoxy) is 1. The molecule has 0 aliphatic heterocycles. The maximum absolute atomic E-state index is 11.8. The average molecular weight is 311 g/mol. The first-order chi connectivity index (χ1) is 9.56. The normalized spacial score (nSPS) is 10.2. The van der Waals surface area contributed by atoms with Crippen LogP contribution in [-0.2, 0) is 4.79 Å². The number of carbonyl (C=O) groups excluding carboxylic acids is 1. The van der Waals surface area contributed by atoms with Crippen LogP contribution in [0.3, 0.4) is 0 Å². The third-order valence-corrected chi connectivity index (χ3v) is 3.07. The van der Waals surface area contributed by atoms with Crippen LogP contribution in [0, 0.1) is 6.92 Å². The van der Waals surface area contributed by atoms with E-state index in [1.54, 1.807) is 36.5 Å². The van der Waals surface area contributed by atoms with Crippen molar-refractivity contribution in [1.29, 1.82) is 0 Å². The second-order valence-corrected chi connectivity index (χ2v) is 4.88. The van der Waals surface area contributed by atoms with Crippen molar-refractivity contribution in [3.05, 3.63) is 52.3 Å². The zero-order chi connectivity index (χ0) is 14.5. The zero-order valence-electron chi connectivity index (χ0n) is 10.7. The Labute approximate surface area is 126 Å². The lowest BCUT2D eigenvalue weighted by Gasteiger charge is -2.10. The second-order valence-electron chi connectivity index (χ2n) is 4.09. The maximum atomic E-state index is 11.8. The van der Waals surface area contributed by atoms with Crippen LogP contribution in [0.25, 0.3) is 0 Å². The Hall–Kier alpha value is -1.78. The van der Waals surface area contributed by atoms with Gasteiger partial charge in [-0.25, -0.2) is 4.98 Å². The van der Waals surface area contributed by atoms with Crippen LogP contribution in [0.5, 0.6) is 5.75 Å². The number of nitrogens with zero attached hydrogens (tertiary/aromatic N) is 1. The number of halogens is 2. The molecule has 1 N–H and O–H groups in total. The van der Waals surface area contributed by atoms with Crippen LogP contribution in [0.1, 0.15) is 5.56 Å². The molecule has 0 saturated heterocycles. The fraction of sp³-hybridized carbons (Fsp3) is 0.143. The standard InChI is InChI=1S/C14H12Cl2N2O2/c1-9-7-10(15)4-5-12(9)20-8-13(19)18-11-3-2-6-17-14(11)16/h2-7H,8H2,1H3,(H,18,19). The van der Waals surface area contributed by atoms with Crippen molar-refractivity contribution in [1.82, 2.24) is 4.98 Å². The summed E-state index contributed by atoms with van der Waals surface area (Å²) in [7, 11) is 0. The van der Waals surface area contributed by atoms with E-state index in [-0.39, 0.29) is 17.7 Å². The molecule has 1 amide bonds. The molecular formula is C14H12Cl2N2O2. The summed E-state index contributed by atoms with van der Waals surface area (Å²) >= 11 is 11.7. The van der Waals surface area contributed by atoms with Gasteiger partial charge in [-0.15, -0.1) is 0 Å². The summed E-state index contributed by atoms with van der Waals surface area (Å²) in [5.41, 5.74) is 1.32. The van der Waals surface area contributed by atoms with Gasteiger partial charge >= 0.3 is 0 Å². The molecule has 0 atom stereocenters. The van der Waals surface area contributed by atoms with E-state index in [9.17, 15) is 4.79 Å². The molecule has 0 radical (unpaired) electrons. The predicted octanol–water partition coefficient (Wildman–Crippen LogP) is 3.71. The molecule has 1 heterocycles. The van der Waals surface area contributed by atoms with Crippen LogP contribution in [0.2, 0.25) is 10.2 Å². The van der Waals surface area contributed by atoms with Gasteiger partial charge in [-0.05, 0) is 42.8 Å². The second kappa shape index (κ2) is 6.59. The van der Waals surface area contributed by atoms with E-state index in [0.717, 1.165) is 5.56 Å². The number of aromatic nitrogens is 1. The van der Waals surface area contributed by atoms with E-state index < -0.39 is 0 Å². The van der Waals surface area contributed by atoms with Gasteiger partial charge in [0.15, 0.2) is 11.8 Å². The molecule has 0 unspecified atom stereocenters. The number of hydrogen-bond acceptors (Lipinski definition) is 3. The van der Waals surface area contributed by atoms with E-state index in [0.29, 0.717) is 16.5 Å². The number of anilines is 1. The van der Waals surface area contributed by atoms with E-state index >= 15 is 0 Å². The van der Waals surface area contributed by atoms with Crippen LogP contribution in [0.15, 0.2) is 36.5 Å². The first-order valence-electron chi connectivity index (χ1n) is 5.85. The van der Waals surface area contributed by atoms with E-state index in [4.69, 9.17) is 27.9 Å². The van der Waals surface area contributed by atoms with Crippen molar-refractivity contribution >= 4 is 34.8 Å². The molecule has 0 fully saturated rings. The number of amides is 1. The number of pyridine rings is 1. The van der Waals surface area contributed by atoms with Crippen molar-refractivity contribution in [3.63, 3.8) is 0 Å². The number of aryl methyl sites for hydroxylation is 1. The van der Waals surface area contributed by atoms with Gasteiger partial charge in [-0.1, -0.05) is 23.2 Å². The molecule has 6 heteroatoms. The summed E-state index contributed by atoms with van der Waals surface area (Å²) < 4.78 is 5.43. The van der Waals surface area contributed by atoms with E-state index in [2.05, 4.69) is 10.3 Å². The van der Waals surface area contributed by atoms with Crippen molar-refractivity contribution < 1.29 is 9.53 Å². The molecule has 2 aromatic rings. The first-order valence-corrected chi connectivity index (χ1v) is 6.61.